The molecule has 0 heterocycles. The molecule has 0 bridgehead atoms. The van der Waals surface area contributed by atoms with Crippen molar-refractivity contribution in [3.63, 3.8) is 0 Å². The Morgan fingerprint density at radius 3 is 1.73 bits per heavy atom. The number of benzene rings is 2. The Morgan fingerprint density at radius 2 is 1.27 bits per heavy atom. The van der Waals surface area contributed by atoms with Gasteiger partial charge in [0, 0.05) is 5.02 Å². The highest BCUT2D eigenvalue weighted by Crippen LogP contribution is 2.36. The third-order valence-electron chi connectivity index (χ3n) is 5.10. The summed E-state index contributed by atoms with van der Waals surface area (Å²) in [5.74, 6) is 0.162. The van der Waals surface area contributed by atoms with Gasteiger partial charge in [0.1, 0.15) is 11.5 Å². The van der Waals surface area contributed by atoms with E-state index in [-0.39, 0.29) is 24.0 Å². The van der Waals surface area contributed by atoms with Crippen LogP contribution in [0, 0.1) is 19.3 Å². The van der Waals surface area contributed by atoms with Gasteiger partial charge in [-0.1, -0.05) is 58.4 Å². The lowest BCUT2D eigenvalue weighted by atomic mass is 9.72. The van der Waals surface area contributed by atoms with Crippen LogP contribution in [0.2, 0.25) is 5.02 Å². The Labute approximate surface area is 202 Å². The van der Waals surface area contributed by atoms with Crippen molar-refractivity contribution >= 4 is 23.4 Å². The summed E-state index contributed by atoms with van der Waals surface area (Å²) in [5.41, 5.74) is 7.82. The van der Waals surface area contributed by atoms with Gasteiger partial charge >= 0.3 is 0 Å². The van der Waals surface area contributed by atoms with Crippen molar-refractivity contribution in [2.24, 2.45) is 5.41 Å². The normalized spacial score (nSPS) is 11.6. The zero-order valence-electron chi connectivity index (χ0n) is 20.6. The van der Waals surface area contributed by atoms with Crippen LogP contribution >= 0.6 is 11.6 Å². The van der Waals surface area contributed by atoms with Crippen molar-refractivity contribution in [3.8, 4) is 11.5 Å². The predicted molar refractivity (Wildman–Crippen MR) is 132 cm³/mol. The highest BCUT2D eigenvalue weighted by Gasteiger charge is 2.27. The molecule has 7 heteroatoms. The Balaban J connectivity index is 1.76. The Bertz CT molecular complexity index is 956. The first-order chi connectivity index (χ1) is 15.3. The van der Waals surface area contributed by atoms with Crippen molar-refractivity contribution in [1.29, 1.82) is 0 Å². The fraction of sp³-hybridized carbons (Fsp3) is 0.462. The number of hydrazine groups is 1. The highest BCUT2D eigenvalue weighted by atomic mass is 35.5. The zero-order valence-corrected chi connectivity index (χ0v) is 21.4. The lowest BCUT2D eigenvalue weighted by molar-refractivity contribution is -0.131. The topological polar surface area (TPSA) is 76.7 Å². The van der Waals surface area contributed by atoms with E-state index in [0.717, 1.165) is 17.5 Å². The second-order valence-corrected chi connectivity index (χ2v) is 10.6. The Kier molecular flexibility index (Phi) is 8.78. The van der Waals surface area contributed by atoms with Gasteiger partial charge in [-0.3, -0.25) is 20.4 Å². The largest absolute Gasteiger partial charge is 0.484 e. The molecule has 2 aromatic carbocycles. The molecule has 0 atom stereocenters. The molecule has 0 spiro atoms. The molecular weight excluding hydrogens is 440 g/mol. The van der Waals surface area contributed by atoms with Gasteiger partial charge in [-0.25, -0.2) is 0 Å². The van der Waals surface area contributed by atoms with E-state index in [1.54, 1.807) is 12.1 Å². The van der Waals surface area contributed by atoms with Crippen LogP contribution < -0.4 is 20.3 Å². The minimum atomic E-state index is -0.487. The average Bonchev–Trinajstić information content (AvgIpc) is 2.71. The number of nitrogens with one attached hydrogen (secondary N) is 2. The first-order valence-corrected chi connectivity index (χ1v) is 11.4. The second kappa shape index (κ2) is 10.9. The average molecular weight is 475 g/mol. The van der Waals surface area contributed by atoms with Crippen LogP contribution in [0.15, 0.2) is 36.4 Å². The quantitative estimate of drug-likeness (QED) is 0.510. The molecule has 0 aromatic heterocycles. The lowest BCUT2D eigenvalue weighted by Crippen LogP contribution is -2.45. The van der Waals surface area contributed by atoms with Gasteiger partial charge in [0.15, 0.2) is 13.2 Å². The highest BCUT2D eigenvalue weighted by molar-refractivity contribution is 6.32. The van der Waals surface area contributed by atoms with Crippen LogP contribution in [0.4, 0.5) is 0 Å². The minimum Gasteiger partial charge on any atom is -0.484 e. The summed E-state index contributed by atoms with van der Waals surface area (Å²) in [6.07, 6.45) is 1.04. The number of amides is 2. The molecule has 2 N–H and O–H groups in total. The molecule has 0 saturated carbocycles. The van der Waals surface area contributed by atoms with E-state index in [0.29, 0.717) is 16.5 Å². The van der Waals surface area contributed by atoms with E-state index in [9.17, 15) is 9.59 Å². The number of rotatable bonds is 8. The van der Waals surface area contributed by atoms with Crippen LogP contribution in [0.3, 0.4) is 0 Å². The van der Waals surface area contributed by atoms with Crippen LogP contribution in [0.5, 0.6) is 11.5 Å². The van der Waals surface area contributed by atoms with Gasteiger partial charge in [0.25, 0.3) is 11.8 Å². The number of hydrogen-bond acceptors (Lipinski definition) is 4. The molecule has 2 amide bonds. The van der Waals surface area contributed by atoms with Crippen molar-refractivity contribution in [2.45, 2.75) is 60.3 Å². The van der Waals surface area contributed by atoms with Crippen LogP contribution in [0.25, 0.3) is 0 Å². The van der Waals surface area contributed by atoms with Gasteiger partial charge in [0.2, 0.25) is 0 Å². The summed E-state index contributed by atoms with van der Waals surface area (Å²) in [7, 11) is 0. The standard InChI is InChI=1S/C26H35ClN2O4/c1-17-12-21(13-18(2)24(17)27)33-15-23(31)29-28-22(30)14-32-20-10-8-19(9-11-20)26(6,7)16-25(3,4)5/h8-13H,14-16H2,1-7H3,(H,28,30)(H,29,31). The molecule has 2 rings (SSSR count). The van der Waals surface area contributed by atoms with Gasteiger partial charge in [-0.15, -0.1) is 0 Å². The summed E-state index contributed by atoms with van der Waals surface area (Å²) in [6, 6.07) is 11.3. The predicted octanol–water partition coefficient (Wildman–Crippen LogP) is 5.28. The van der Waals surface area contributed by atoms with E-state index >= 15 is 0 Å². The monoisotopic (exact) mass is 474 g/mol. The molecule has 0 saturated heterocycles. The number of ether oxygens (including phenoxy) is 2. The van der Waals surface area contributed by atoms with Crippen molar-refractivity contribution in [1.82, 2.24) is 10.9 Å². The van der Waals surface area contributed by atoms with Crippen LogP contribution in [-0.2, 0) is 15.0 Å². The van der Waals surface area contributed by atoms with Gasteiger partial charge in [-0.2, -0.15) is 0 Å². The maximum absolute atomic E-state index is 12.0. The van der Waals surface area contributed by atoms with Crippen molar-refractivity contribution in [2.75, 3.05) is 13.2 Å². The molecule has 0 aliphatic carbocycles. The maximum Gasteiger partial charge on any atom is 0.276 e. The Morgan fingerprint density at radius 1 is 0.818 bits per heavy atom. The summed E-state index contributed by atoms with van der Waals surface area (Å²) in [6.45, 7) is 14.4. The molecule has 0 fully saturated rings. The molecular formula is C26H35ClN2O4. The molecule has 2 aromatic rings. The number of halogens is 1. The SMILES string of the molecule is Cc1cc(OCC(=O)NNC(=O)COc2ccc(C(C)(C)CC(C)(C)C)cc2)cc(C)c1Cl. The zero-order chi connectivity index (χ0) is 24.8. The summed E-state index contributed by atoms with van der Waals surface area (Å²) >= 11 is 6.13. The van der Waals surface area contributed by atoms with Gasteiger partial charge in [0.05, 0.1) is 0 Å². The lowest BCUT2D eigenvalue weighted by Gasteiger charge is -2.33. The summed E-state index contributed by atoms with van der Waals surface area (Å²) in [4.78, 5) is 23.9. The fourth-order valence-corrected chi connectivity index (χ4v) is 4.04. The third-order valence-corrected chi connectivity index (χ3v) is 5.70. The maximum atomic E-state index is 12.0. The Hall–Kier alpha value is -2.73. The van der Waals surface area contributed by atoms with E-state index in [1.807, 2.05) is 38.1 Å². The number of aryl methyl sites for hydroxylation is 2. The number of carbonyl (C=O) groups excluding carboxylic acids is 2. The van der Waals surface area contributed by atoms with Crippen LogP contribution in [-0.4, -0.2) is 25.0 Å². The minimum absolute atomic E-state index is 0.0317. The second-order valence-electron chi connectivity index (χ2n) is 10.2. The van der Waals surface area contributed by atoms with E-state index in [2.05, 4.69) is 45.5 Å². The first kappa shape index (κ1) is 26.5. The van der Waals surface area contributed by atoms with E-state index in [4.69, 9.17) is 21.1 Å². The summed E-state index contributed by atoms with van der Waals surface area (Å²) in [5, 5.41) is 0.669. The summed E-state index contributed by atoms with van der Waals surface area (Å²) < 4.78 is 11.0. The number of carbonyl (C=O) groups is 2. The van der Waals surface area contributed by atoms with E-state index in [1.165, 1.54) is 5.56 Å². The molecule has 0 radical (unpaired) electrons. The van der Waals surface area contributed by atoms with Crippen molar-refractivity contribution in [3.05, 3.63) is 58.1 Å². The number of hydrogen-bond donors (Lipinski definition) is 2. The molecule has 0 aliphatic heterocycles. The van der Waals surface area contributed by atoms with Gasteiger partial charge < -0.3 is 9.47 Å². The third kappa shape index (κ3) is 8.61. The molecule has 6 nitrogen and oxygen atoms in total. The molecule has 0 unspecified atom stereocenters. The van der Waals surface area contributed by atoms with Crippen LogP contribution in [0.1, 0.15) is 57.7 Å². The molecule has 0 aliphatic rings. The molecule has 180 valence electrons. The fourth-order valence-electron chi connectivity index (χ4n) is 3.93. The van der Waals surface area contributed by atoms with E-state index < -0.39 is 11.8 Å². The van der Waals surface area contributed by atoms with Crippen molar-refractivity contribution < 1.29 is 19.1 Å². The molecule has 33 heavy (non-hydrogen) atoms. The smallest absolute Gasteiger partial charge is 0.276 e. The van der Waals surface area contributed by atoms with Gasteiger partial charge in [-0.05, 0) is 72.1 Å². The first-order valence-electron chi connectivity index (χ1n) is 11.0.